The lowest BCUT2D eigenvalue weighted by Gasteiger charge is -2.28. The summed E-state index contributed by atoms with van der Waals surface area (Å²) in [5.74, 6) is -0.292. The van der Waals surface area contributed by atoms with Gasteiger partial charge in [-0.25, -0.2) is 4.39 Å². The molecule has 0 bridgehead atoms. The Bertz CT molecular complexity index is 391. The van der Waals surface area contributed by atoms with Crippen molar-refractivity contribution in [3.8, 4) is 0 Å². The van der Waals surface area contributed by atoms with Crippen LogP contribution in [0.15, 0.2) is 18.2 Å². The van der Waals surface area contributed by atoms with Gasteiger partial charge in [-0.05, 0) is 37.0 Å². The Morgan fingerprint density at radius 2 is 2.28 bits per heavy atom. The van der Waals surface area contributed by atoms with Crippen molar-refractivity contribution < 1.29 is 14.2 Å². The Labute approximate surface area is 107 Å². The van der Waals surface area contributed by atoms with Gasteiger partial charge in [0.05, 0.1) is 18.4 Å². The Hall–Kier alpha value is -1.13. The van der Waals surface area contributed by atoms with E-state index < -0.39 is 0 Å². The lowest BCUT2D eigenvalue weighted by atomic mass is 10.1. The number of likely N-dealkylation sites (N-methyl/N-ethyl adjacent to an activating group) is 1. The van der Waals surface area contributed by atoms with E-state index in [4.69, 9.17) is 9.84 Å². The third-order valence-corrected chi connectivity index (χ3v) is 3.36. The van der Waals surface area contributed by atoms with Gasteiger partial charge in [0, 0.05) is 20.2 Å². The van der Waals surface area contributed by atoms with E-state index in [2.05, 4.69) is 0 Å². The van der Waals surface area contributed by atoms with E-state index in [-0.39, 0.29) is 18.5 Å². The number of hydrogen-bond donors (Lipinski definition) is 1. The molecule has 1 N–H and O–H groups in total. The molecule has 1 aromatic rings. The van der Waals surface area contributed by atoms with Crippen molar-refractivity contribution in [2.45, 2.75) is 32.0 Å². The molecule has 100 valence electrons. The summed E-state index contributed by atoms with van der Waals surface area (Å²) in [5, 5.41) is 8.95. The Balaban J connectivity index is 2.01. The van der Waals surface area contributed by atoms with Crippen molar-refractivity contribution in [1.29, 1.82) is 0 Å². The summed E-state index contributed by atoms with van der Waals surface area (Å²) in [6, 6.07) is 4.84. The molecule has 2 rings (SSSR count). The van der Waals surface area contributed by atoms with E-state index in [9.17, 15) is 4.39 Å². The van der Waals surface area contributed by atoms with Crippen molar-refractivity contribution in [1.82, 2.24) is 0 Å². The quantitative estimate of drug-likeness (QED) is 0.894. The van der Waals surface area contributed by atoms with Crippen LogP contribution in [-0.4, -0.2) is 31.4 Å². The summed E-state index contributed by atoms with van der Waals surface area (Å²) in [6.07, 6.45) is 3.55. The molecule has 1 fully saturated rings. The summed E-state index contributed by atoms with van der Waals surface area (Å²) in [6.45, 7) is 1.38. The molecule has 4 heteroatoms. The van der Waals surface area contributed by atoms with E-state index in [0.717, 1.165) is 19.4 Å². The zero-order valence-corrected chi connectivity index (χ0v) is 10.7. The van der Waals surface area contributed by atoms with E-state index in [1.807, 2.05) is 11.9 Å². The van der Waals surface area contributed by atoms with Crippen LogP contribution in [0.1, 0.15) is 24.8 Å². The van der Waals surface area contributed by atoms with Crippen LogP contribution in [0.2, 0.25) is 0 Å². The van der Waals surface area contributed by atoms with Gasteiger partial charge in [0.25, 0.3) is 0 Å². The summed E-state index contributed by atoms with van der Waals surface area (Å²) in [5.41, 5.74) is 1.15. The van der Waals surface area contributed by atoms with Crippen LogP contribution >= 0.6 is 0 Å². The maximum absolute atomic E-state index is 13.8. The molecule has 0 spiro atoms. The van der Waals surface area contributed by atoms with Gasteiger partial charge in [-0.15, -0.1) is 0 Å². The van der Waals surface area contributed by atoms with Crippen molar-refractivity contribution in [2.24, 2.45) is 0 Å². The SMILES string of the molecule is CN(CC1CCCCO1)c1ccc(CO)cc1F. The maximum atomic E-state index is 13.8. The molecule has 18 heavy (non-hydrogen) atoms. The number of ether oxygens (including phenoxy) is 1. The van der Waals surface area contributed by atoms with Crippen LogP contribution in [0, 0.1) is 5.82 Å². The van der Waals surface area contributed by atoms with Gasteiger partial charge in [-0.3, -0.25) is 0 Å². The van der Waals surface area contributed by atoms with Crippen molar-refractivity contribution in [3.05, 3.63) is 29.6 Å². The fourth-order valence-corrected chi connectivity index (χ4v) is 2.31. The fraction of sp³-hybridized carbons (Fsp3) is 0.571. The van der Waals surface area contributed by atoms with E-state index in [1.54, 1.807) is 12.1 Å². The third kappa shape index (κ3) is 3.21. The van der Waals surface area contributed by atoms with E-state index in [1.165, 1.54) is 12.5 Å². The number of aliphatic hydroxyl groups excluding tert-OH is 1. The standard InChI is InChI=1S/C14H20FNO2/c1-16(9-12-4-2-3-7-18-12)14-6-5-11(10-17)8-13(14)15/h5-6,8,12,17H,2-4,7,9-10H2,1H3. The molecule has 1 unspecified atom stereocenters. The predicted molar refractivity (Wildman–Crippen MR) is 69.2 cm³/mol. The molecule has 1 heterocycles. The van der Waals surface area contributed by atoms with Gasteiger partial charge in [0.1, 0.15) is 5.82 Å². The van der Waals surface area contributed by atoms with Gasteiger partial charge < -0.3 is 14.7 Å². The minimum absolute atomic E-state index is 0.132. The van der Waals surface area contributed by atoms with Gasteiger partial charge in [0.2, 0.25) is 0 Å². The molecule has 3 nitrogen and oxygen atoms in total. The molecule has 0 radical (unpaired) electrons. The summed E-state index contributed by atoms with van der Waals surface area (Å²) in [4.78, 5) is 1.88. The largest absolute Gasteiger partial charge is 0.392 e. The molecule has 1 aliphatic heterocycles. The van der Waals surface area contributed by atoms with Crippen LogP contribution in [0.4, 0.5) is 10.1 Å². The van der Waals surface area contributed by atoms with Gasteiger partial charge in [0.15, 0.2) is 0 Å². The first-order valence-corrected chi connectivity index (χ1v) is 6.42. The highest BCUT2D eigenvalue weighted by Crippen LogP contribution is 2.22. The first kappa shape index (κ1) is 13.3. The van der Waals surface area contributed by atoms with Crippen LogP contribution in [0.3, 0.4) is 0 Å². The van der Waals surface area contributed by atoms with Gasteiger partial charge >= 0.3 is 0 Å². The Morgan fingerprint density at radius 3 is 2.89 bits per heavy atom. The smallest absolute Gasteiger partial charge is 0.146 e. The molecule has 1 atom stereocenters. The minimum atomic E-state index is -0.292. The topological polar surface area (TPSA) is 32.7 Å². The number of anilines is 1. The summed E-state index contributed by atoms with van der Waals surface area (Å²) in [7, 11) is 1.87. The second-order valence-corrected chi connectivity index (χ2v) is 4.81. The fourth-order valence-electron chi connectivity index (χ4n) is 2.31. The Kier molecular flexibility index (Phi) is 4.55. The number of hydrogen-bond acceptors (Lipinski definition) is 3. The zero-order chi connectivity index (χ0) is 13.0. The third-order valence-electron chi connectivity index (χ3n) is 3.36. The normalized spacial score (nSPS) is 19.8. The predicted octanol–water partition coefficient (Wildman–Crippen LogP) is 2.32. The molecule has 1 aromatic carbocycles. The lowest BCUT2D eigenvalue weighted by molar-refractivity contribution is 0.0215. The van der Waals surface area contributed by atoms with E-state index >= 15 is 0 Å². The second kappa shape index (κ2) is 6.16. The molecule has 0 aromatic heterocycles. The number of aliphatic hydroxyl groups is 1. The monoisotopic (exact) mass is 253 g/mol. The number of benzene rings is 1. The van der Waals surface area contributed by atoms with Crippen LogP contribution in [-0.2, 0) is 11.3 Å². The highest BCUT2D eigenvalue weighted by atomic mass is 19.1. The highest BCUT2D eigenvalue weighted by molar-refractivity contribution is 5.48. The number of halogens is 1. The Morgan fingerprint density at radius 1 is 1.44 bits per heavy atom. The molecular weight excluding hydrogens is 233 g/mol. The second-order valence-electron chi connectivity index (χ2n) is 4.81. The summed E-state index contributed by atoms with van der Waals surface area (Å²) < 4.78 is 19.5. The maximum Gasteiger partial charge on any atom is 0.146 e. The number of rotatable bonds is 4. The molecule has 0 amide bonds. The van der Waals surface area contributed by atoms with Gasteiger partial charge in [-0.2, -0.15) is 0 Å². The highest BCUT2D eigenvalue weighted by Gasteiger charge is 2.17. The van der Waals surface area contributed by atoms with Crippen molar-refractivity contribution in [2.75, 3.05) is 25.1 Å². The molecule has 1 saturated heterocycles. The first-order valence-electron chi connectivity index (χ1n) is 6.42. The minimum Gasteiger partial charge on any atom is -0.392 e. The number of nitrogens with zero attached hydrogens (tertiary/aromatic N) is 1. The van der Waals surface area contributed by atoms with Crippen LogP contribution in [0.25, 0.3) is 0 Å². The molecule has 1 aliphatic rings. The first-order chi connectivity index (χ1) is 8.70. The van der Waals surface area contributed by atoms with E-state index in [0.29, 0.717) is 17.8 Å². The van der Waals surface area contributed by atoms with Crippen LogP contribution < -0.4 is 4.90 Å². The van der Waals surface area contributed by atoms with Crippen molar-refractivity contribution >= 4 is 5.69 Å². The van der Waals surface area contributed by atoms with Crippen LogP contribution in [0.5, 0.6) is 0 Å². The average molecular weight is 253 g/mol. The van der Waals surface area contributed by atoms with Crippen molar-refractivity contribution in [3.63, 3.8) is 0 Å². The summed E-state index contributed by atoms with van der Waals surface area (Å²) >= 11 is 0. The molecule has 0 saturated carbocycles. The molecule has 0 aliphatic carbocycles. The zero-order valence-electron chi connectivity index (χ0n) is 10.7. The van der Waals surface area contributed by atoms with Gasteiger partial charge in [-0.1, -0.05) is 6.07 Å². The average Bonchev–Trinajstić information content (AvgIpc) is 2.39. The lowest BCUT2D eigenvalue weighted by Crippen LogP contribution is -2.33. The molecular formula is C14H20FNO2.